The van der Waals surface area contributed by atoms with Crippen LogP contribution in [-0.2, 0) is 0 Å². The van der Waals surface area contributed by atoms with Crippen molar-refractivity contribution in [2.45, 2.75) is 32.2 Å². The lowest BCUT2D eigenvalue weighted by Crippen LogP contribution is -2.18. The fourth-order valence-corrected chi connectivity index (χ4v) is 2.23. The largest absolute Gasteiger partial charge is 0.294 e. The first kappa shape index (κ1) is 8.94. The second-order valence-corrected chi connectivity index (χ2v) is 4.19. The molecule has 1 heterocycles. The molecule has 3 nitrogen and oxygen atoms in total. The first-order valence-electron chi connectivity index (χ1n) is 4.44. The van der Waals surface area contributed by atoms with Crippen LogP contribution >= 0.6 is 15.9 Å². The SMILES string of the molecule is CC(=O)c1cnn(C2CCC2)c1Br. The van der Waals surface area contributed by atoms with Crippen LogP contribution in [0.2, 0.25) is 0 Å². The molecule has 70 valence electrons. The lowest BCUT2D eigenvalue weighted by atomic mass is 9.93. The molecule has 0 radical (unpaired) electrons. The Kier molecular flexibility index (Phi) is 2.24. The molecule has 0 bridgehead atoms. The van der Waals surface area contributed by atoms with E-state index in [2.05, 4.69) is 21.0 Å². The van der Waals surface area contributed by atoms with Gasteiger partial charge in [0.05, 0.1) is 17.8 Å². The van der Waals surface area contributed by atoms with E-state index in [1.165, 1.54) is 19.3 Å². The smallest absolute Gasteiger partial charge is 0.164 e. The second kappa shape index (κ2) is 3.25. The number of hydrogen-bond acceptors (Lipinski definition) is 2. The fourth-order valence-electron chi connectivity index (χ4n) is 1.47. The summed E-state index contributed by atoms with van der Waals surface area (Å²) in [6.45, 7) is 1.56. The molecule has 13 heavy (non-hydrogen) atoms. The number of rotatable bonds is 2. The van der Waals surface area contributed by atoms with Gasteiger partial charge in [-0.3, -0.25) is 9.48 Å². The normalized spacial score (nSPS) is 17.1. The summed E-state index contributed by atoms with van der Waals surface area (Å²) in [5.41, 5.74) is 0.687. The molecule has 1 aromatic heterocycles. The van der Waals surface area contributed by atoms with Crippen LogP contribution in [0.1, 0.15) is 42.6 Å². The highest BCUT2D eigenvalue weighted by Gasteiger charge is 2.23. The molecule has 0 aliphatic heterocycles. The van der Waals surface area contributed by atoms with Gasteiger partial charge in [0, 0.05) is 0 Å². The van der Waals surface area contributed by atoms with Crippen molar-refractivity contribution < 1.29 is 4.79 Å². The molecular weight excluding hydrogens is 232 g/mol. The van der Waals surface area contributed by atoms with E-state index >= 15 is 0 Å². The van der Waals surface area contributed by atoms with Crippen LogP contribution < -0.4 is 0 Å². The summed E-state index contributed by atoms with van der Waals surface area (Å²) in [4.78, 5) is 11.1. The molecular formula is C9H11BrN2O. The van der Waals surface area contributed by atoms with E-state index in [1.54, 1.807) is 13.1 Å². The predicted molar refractivity (Wildman–Crippen MR) is 52.8 cm³/mol. The summed E-state index contributed by atoms with van der Waals surface area (Å²) in [6.07, 6.45) is 5.27. The maximum atomic E-state index is 11.1. The van der Waals surface area contributed by atoms with Crippen molar-refractivity contribution in [3.8, 4) is 0 Å². The van der Waals surface area contributed by atoms with E-state index in [9.17, 15) is 4.79 Å². The Morgan fingerprint density at radius 1 is 1.69 bits per heavy atom. The molecule has 0 spiro atoms. The van der Waals surface area contributed by atoms with E-state index in [0.29, 0.717) is 11.6 Å². The van der Waals surface area contributed by atoms with Crippen LogP contribution in [0.15, 0.2) is 10.8 Å². The van der Waals surface area contributed by atoms with Crippen molar-refractivity contribution in [3.05, 3.63) is 16.4 Å². The summed E-state index contributed by atoms with van der Waals surface area (Å²) in [7, 11) is 0. The van der Waals surface area contributed by atoms with Crippen LogP contribution in [0.3, 0.4) is 0 Å². The number of aromatic nitrogens is 2. The van der Waals surface area contributed by atoms with Crippen molar-refractivity contribution in [1.82, 2.24) is 9.78 Å². The highest BCUT2D eigenvalue weighted by atomic mass is 79.9. The van der Waals surface area contributed by atoms with Crippen LogP contribution in [0.4, 0.5) is 0 Å². The lowest BCUT2D eigenvalue weighted by Gasteiger charge is -2.26. The molecule has 0 amide bonds. The van der Waals surface area contributed by atoms with Crippen molar-refractivity contribution in [2.75, 3.05) is 0 Å². The molecule has 1 fully saturated rings. The average Bonchev–Trinajstić information content (AvgIpc) is 2.29. The van der Waals surface area contributed by atoms with Crippen LogP contribution in [0, 0.1) is 0 Å². The average molecular weight is 243 g/mol. The minimum absolute atomic E-state index is 0.0671. The Morgan fingerprint density at radius 2 is 2.38 bits per heavy atom. The van der Waals surface area contributed by atoms with Crippen molar-refractivity contribution in [2.24, 2.45) is 0 Å². The summed E-state index contributed by atoms with van der Waals surface area (Å²) < 4.78 is 2.75. The topological polar surface area (TPSA) is 34.9 Å². The number of halogens is 1. The van der Waals surface area contributed by atoms with E-state index < -0.39 is 0 Å². The zero-order valence-electron chi connectivity index (χ0n) is 7.46. The van der Waals surface area contributed by atoms with Gasteiger partial charge in [-0.1, -0.05) is 0 Å². The van der Waals surface area contributed by atoms with Gasteiger partial charge in [0.25, 0.3) is 0 Å². The zero-order valence-corrected chi connectivity index (χ0v) is 9.04. The molecule has 1 aromatic rings. The van der Waals surface area contributed by atoms with E-state index in [-0.39, 0.29) is 5.78 Å². The Morgan fingerprint density at radius 3 is 2.77 bits per heavy atom. The van der Waals surface area contributed by atoms with Crippen molar-refractivity contribution in [1.29, 1.82) is 0 Å². The third-order valence-electron chi connectivity index (χ3n) is 2.53. The minimum atomic E-state index is 0.0671. The van der Waals surface area contributed by atoms with Crippen molar-refractivity contribution >= 4 is 21.7 Å². The molecule has 1 saturated carbocycles. The summed E-state index contributed by atoms with van der Waals surface area (Å²) in [5.74, 6) is 0.0671. The van der Waals surface area contributed by atoms with Crippen LogP contribution in [0.25, 0.3) is 0 Å². The van der Waals surface area contributed by atoms with Gasteiger partial charge in [-0.2, -0.15) is 5.10 Å². The number of ketones is 1. The Labute approximate surface area is 85.3 Å². The first-order valence-corrected chi connectivity index (χ1v) is 5.23. The molecule has 0 aromatic carbocycles. The molecule has 0 unspecified atom stereocenters. The highest BCUT2D eigenvalue weighted by molar-refractivity contribution is 9.10. The summed E-state index contributed by atoms with van der Waals surface area (Å²) in [6, 6.07) is 0.502. The molecule has 2 rings (SSSR count). The minimum Gasteiger partial charge on any atom is -0.294 e. The number of nitrogens with zero attached hydrogens (tertiary/aromatic N) is 2. The van der Waals surface area contributed by atoms with Gasteiger partial charge >= 0.3 is 0 Å². The second-order valence-electron chi connectivity index (χ2n) is 3.43. The fraction of sp³-hybridized carbons (Fsp3) is 0.556. The summed E-state index contributed by atoms with van der Waals surface area (Å²) in [5, 5.41) is 4.21. The van der Waals surface area contributed by atoms with Crippen LogP contribution in [0.5, 0.6) is 0 Å². The van der Waals surface area contributed by atoms with Gasteiger partial charge < -0.3 is 0 Å². The van der Waals surface area contributed by atoms with Gasteiger partial charge in [0.1, 0.15) is 4.60 Å². The van der Waals surface area contributed by atoms with Crippen molar-refractivity contribution in [3.63, 3.8) is 0 Å². The number of carbonyl (C=O) groups is 1. The Balaban J connectivity index is 2.32. The Bertz CT molecular complexity index is 341. The van der Waals surface area contributed by atoms with Gasteiger partial charge in [-0.05, 0) is 42.1 Å². The van der Waals surface area contributed by atoms with Gasteiger partial charge in [0.2, 0.25) is 0 Å². The van der Waals surface area contributed by atoms with Crippen LogP contribution in [-0.4, -0.2) is 15.6 Å². The maximum Gasteiger partial charge on any atom is 0.164 e. The number of carbonyl (C=O) groups excluding carboxylic acids is 1. The number of Topliss-reactive ketones (excluding diaryl/α,β-unsaturated/α-hetero) is 1. The molecule has 0 N–H and O–H groups in total. The molecule has 1 aliphatic carbocycles. The third-order valence-corrected chi connectivity index (χ3v) is 3.33. The zero-order chi connectivity index (χ0) is 9.42. The van der Waals surface area contributed by atoms with E-state index in [1.807, 2.05) is 4.68 Å². The maximum absolute atomic E-state index is 11.1. The van der Waals surface area contributed by atoms with E-state index in [0.717, 1.165) is 4.60 Å². The molecule has 4 heteroatoms. The van der Waals surface area contributed by atoms with Gasteiger partial charge in [-0.15, -0.1) is 0 Å². The lowest BCUT2D eigenvalue weighted by molar-refractivity contribution is 0.101. The predicted octanol–water partition coefficient (Wildman–Crippen LogP) is 2.57. The molecule has 1 aliphatic rings. The highest BCUT2D eigenvalue weighted by Crippen LogP contribution is 2.34. The Hall–Kier alpha value is -0.640. The monoisotopic (exact) mass is 242 g/mol. The number of hydrogen-bond donors (Lipinski definition) is 0. The standard InChI is InChI=1S/C9H11BrN2O/c1-6(13)8-5-11-12(9(8)10)7-3-2-4-7/h5,7H,2-4H2,1H3. The first-order chi connectivity index (χ1) is 6.20. The molecule has 0 atom stereocenters. The van der Waals surface area contributed by atoms with Gasteiger partial charge in [-0.25, -0.2) is 0 Å². The van der Waals surface area contributed by atoms with Gasteiger partial charge in [0.15, 0.2) is 5.78 Å². The summed E-state index contributed by atoms with van der Waals surface area (Å²) >= 11 is 3.41. The quantitative estimate of drug-likeness (QED) is 0.748. The third kappa shape index (κ3) is 1.43. The van der Waals surface area contributed by atoms with E-state index in [4.69, 9.17) is 0 Å². The molecule has 0 saturated heterocycles.